The summed E-state index contributed by atoms with van der Waals surface area (Å²) in [5.41, 5.74) is 1.42. The smallest absolute Gasteiger partial charge is 0.349 e. The molecule has 94 valence electrons. The second kappa shape index (κ2) is 5.21. The van der Waals surface area contributed by atoms with Crippen molar-refractivity contribution >= 4 is 5.91 Å². The maximum absolute atomic E-state index is 12.4. The summed E-state index contributed by atoms with van der Waals surface area (Å²) < 4.78 is 37.1. The largest absolute Gasteiger partial charge is 0.391 e. The van der Waals surface area contributed by atoms with Crippen LogP contribution in [-0.2, 0) is 4.79 Å². The van der Waals surface area contributed by atoms with Gasteiger partial charge in [0.1, 0.15) is 0 Å². The summed E-state index contributed by atoms with van der Waals surface area (Å²) in [5, 5.41) is 2.31. The molecule has 0 radical (unpaired) electrons. The minimum atomic E-state index is -4.31. The number of nitrogens with one attached hydrogen (secondary N) is 1. The molecule has 1 rings (SSSR count). The Kier molecular flexibility index (Phi) is 4.15. The van der Waals surface area contributed by atoms with Gasteiger partial charge in [-0.1, -0.05) is 29.8 Å². The fourth-order valence-corrected chi connectivity index (χ4v) is 1.53. The van der Waals surface area contributed by atoms with Crippen molar-refractivity contribution in [2.24, 2.45) is 0 Å². The first-order valence-electron chi connectivity index (χ1n) is 5.18. The maximum atomic E-state index is 12.4. The number of benzene rings is 1. The maximum Gasteiger partial charge on any atom is 0.391 e. The molecule has 5 heteroatoms. The Balaban J connectivity index is 2.89. The molecule has 0 aromatic heterocycles. The van der Waals surface area contributed by atoms with Crippen LogP contribution in [0.5, 0.6) is 0 Å². The van der Waals surface area contributed by atoms with Gasteiger partial charge in [-0.05, 0) is 12.5 Å². The average Bonchev–Trinajstić information content (AvgIpc) is 2.14. The van der Waals surface area contributed by atoms with Crippen molar-refractivity contribution in [2.45, 2.75) is 32.5 Å². The topological polar surface area (TPSA) is 29.1 Å². The molecule has 0 bridgehead atoms. The molecule has 1 amide bonds. The number of carbonyl (C=O) groups is 1. The first-order chi connectivity index (χ1) is 7.78. The molecule has 1 atom stereocenters. The molecule has 0 saturated carbocycles. The molecule has 17 heavy (non-hydrogen) atoms. The summed E-state index contributed by atoms with van der Waals surface area (Å²) in [6, 6.07) is 5.62. The standard InChI is InChI=1S/C12H14F3NO/c1-8-3-5-10(6-4-8)11(16-9(2)17)7-12(13,14)15/h3-6,11H,7H2,1-2H3,(H,16,17)/t11-/m0/s1. The van der Waals surface area contributed by atoms with Gasteiger partial charge in [0.15, 0.2) is 0 Å². The van der Waals surface area contributed by atoms with Gasteiger partial charge in [-0.15, -0.1) is 0 Å². The van der Waals surface area contributed by atoms with Crippen molar-refractivity contribution in [3.05, 3.63) is 35.4 Å². The number of rotatable bonds is 3. The molecule has 0 aliphatic carbocycles. The van der Waals surface area contributed by atoms with Crippen molar-refractivity contribution in [3.8, 4) is 0 Å². The summed E-state index contributed by atoms with van der Waals surface area (Å²) in [6.45, 7) is 3.05. The molecular formula is C12H14F3NO. The number of halogens is 3. The highest BCUT2D eigenvalue weighted by Crippen LogP contribution is 2.29. The summed E-state index contributed by atoms with van der Waals surface area (Å²) in [5.74, 6) is -0.472. The zero-order chi connectivity index (χ0) is 13.1. The third-order valence-electron chi connectivity index (χ3n) is 2.29. The van der Waals surface area contributed by atoms with Gasteiger partial charge in [0.25, 0.3) is 0 Å². The first-order valence-corrected chi connectivity index (χ1v) is 5.18. The van der Waals surface area contributed by atoms with Crippen LogP contribution >= 0.6 is 0 Å². The van der Waals surface area contributed by atoms with Crippen molar-refractivity contribution in [3.63, 3.8) is 0 Å². The number of alkyl halides is 3. The van der Waals surface area contributed by atoms with E-state index in [9.17, 15) is 18.0 Å². The minimum absolute atomic E-state index is 0.461. The lowest BCUT2D eigenvalue weighted by Gasteiger charge is -2.20. The molecule has 2 nitrogen and oxygen atoms in total. The normalized spacial score (nSPS) is 13.2. The van der Waals surface area contributed by atoms with Crippen LogP contribution in [0.25, 0.3) is 0 Å². The second-order valence-corrected chi connectivity index (χ2v) is 3.98. The number of amides is 1. The van der Waals surface area contributed by atoms with Gasteiger partial charge in [-0.3, -0.25) is 4.79 Å². The van der Waals surface area contributed by atoms with Crippen LogP contribution in [0.4, 0.5) is 13.2 Å². The Morgan fingerprint density at radius 1 is 1.29 bits per heavy atom. The van der Waals surface area contributed by atoms with E-state index in [0.29, 0.717) is 5.56 Å². The van der Waals surface area contributed by atoms with E-state index in [1.165, 1.54) is 6.92 Å². The van der Waals surface area contributed by atoms with Crippen LogP contribution in [0.3, 0.4) is 0 Å². The van der Waals surface area contributed by atoms with E-state index in [4.69, 9.17) is 0 Å². The molecule has 1 aromatic carbocycles. The Morgan fingerprint density at radius 2 is 1.82 bits per heavy atom. The van der Waals surface area contributed by atoms with E-state index in [1.54, 1.807) is 24.3 Å². The van der Waals surface area contributed by atoms with Crippen LogP contribution in [0.1, 0.15) is 30.5 Å². The fraction of sp³-hybridized carbons (Fsp3) is 0.417. The van der Waals surface area contributed by atoms with Crippen molar-refractivity contribution < 1.29 is 18.0 Å². The van der Waals surface area contributed by atoms with E-state index in [1.807, 2.05) is 6.92 Å². The van der Waals surface area contributed by atoms with Gasteiger partial charge in [0, 0.05) is 6.92 Å². The lowest BCUT2D eigenvalue weighted by Crippen LogP contribution is -2.30. The van der Waals surface area contributed by atoms with Crippen molar-refractivity contribution in [2.75, 3.05) is 0 Å². The molecule has 1 aromatic rings. The lowest BCUT2D eigenvalue weighted by molar-refractivity contribution is -0.142. The zero-order valence-corrected chi connectivity index (χ0v) is 9.64. The van der Waals surface area contributed by atoms with Gasteiger partial charge in [0.2, 0.25) is 5.91 Å². The predicted molar refractivity (Wildman–Crippen MR) is 58.4 cm³/mol. The zero-order valence-electron chi connectivity index (χ0n) is 9.64. The Labute approximate surface area is 97.8 Å². The van der Waals surface area contributed by atoms with Crippen molar-refractivity contribution in [1.29, 1.82) is 0 Å². The Bertz CT molecular complexity index is 384. The molecule has 0 spiro atoms. The van der Waals surface area contributed by atoms with Crippen LogP contribution in [-0.4, -0.2) is 12.1 Å². The SMILES string of the molecule is CC(=O)N[C@@H](CC(F)(F)F)c1ccc(C)cc1. The van der Waals surface area contributed by atoms with Crippen LogP contribution in [0.2, 0.25) is 0 Å². The first kappa shape index (κ1) is 13.5. The molecular weight excluding hydrogens is 231 g/mol. The van der Waals surface area contributed by atoms with Crippen LogP contribution in [0.15, 0.2) is 24.3 Å². The summed E-state index contributed by atoms with van der Waals surface area (Å²) >= 11 is 0. The van der Waals surface area contributed by atoms with Gasteiger partial charge in [-0.2, -0.15) is 13.2 Å². The van der Waals surface area contributed by atoms with Gasteiger partial charge < -0.3 is 5.32 Å². The molecule has 0 unspecified atom stereocenters. The van der Waals surface area contributed by atoms with E-state index in [2.05, 4.69) is 5.32 Å². The number of hydrogen-bond acceptors (Lipinski definition) is 1. The Hall–Kier alpha value is -1.52. The van der Waals surface area contributed by atoms with E-state index >= 15 is 0 Å². The van der Waals surface area contributed by atoms with Crippen LogP contribution < -0.4 is 5.32 Å². The van der Waals surface area contributed by atoms with Crippen molar-refractivity contribution in [1.82, 2.24) is 5.32 Å². The highest BCUT2D eigenvalue weighted by molar-refractivity contribution is 5.73. The highest BCUT2D eigenvalue weighted by Gasteiger charge is 2.32. The van der Waals surface area contributed by atoms with Gasteiger partial charge in [0.05, 0.1) is 12.5 Å². The highest BCUT2D eigenvalue weighted by atomic mass is 19.4. The number of carbonyl (C=O) groups excluding carboxylic acids is 1. The quantitative estimate of drug-likeness (QED) is 0.870. The monoisotopic (exact) mass is 245 g/mol. The van der Waals surface area contributed by atoms with E-state index in [0.717, 1.165) is 5.56 Å². The van der Waals surface area contributed by atoms with E-state index < -0.39 is 24.5 Å². The second-order valence-electron chi connectivity index (χ2n) is 3.98. The third kappa shape index (κ3) is 4.89. The molecule has 0 heterocycles. The molecule has 0 aliphatic heterocycles. The summed E-state index contributed by atoms with van der Waals surface area (Å²) in [7, 11) is 0. The average molecular weight is 245 g/mol. The third-order valence-corrected chi connectivity index (χ3v) is 2.29. The van der Waals surface area contributed by atoms with E-state index in [-0.39, 0.29) is 0 Å². The van der Waals surface area contributed by atoms with Crippen LogP contribution in [0, 0.1) is 6.92 Å². The lowest BCUT2D eigenvalue weighted by atomic mass is 10.0. The molecule has 0 saturated heterocycles. The van der Waals surface area contributed by atoms with Gasteiger partial charge in [-0.25, -0.2) is 0 Å². The predicted octanol–water partition coefficient (Wildman–Crippen LogP) is 3.12. The Morgan fingerprint density at radius 3 is 2.24 bits per heavy atom. The van der Waals surface area contributed by atoms with Gasteiger partial charge >= 0.3 is 6.18 Å². The summed E-state index contributed by atoms with van der Waals surface area (Å²) in [6.07, 6.45) is -5.37. The molecule has 0 aliphatic rings. The fourth-order valence-electron chi connectivity index (χ4n) is 1.53. The molecule has 1 N–H and O–H groups in total. The molecule has 0 fully saturated rings. The minimum Gasteiger partial charge on any atom is -0.349 e. The number of aryl methyl sites for hydroxylation is 1. The number of hydrogen-bond donors (Lipinski definition) is 1. The summed E-state index contributed by atoms with van der Waals surface area (Å²) in [4.78, 5) is 10.9.